The van der Waals surface area contributed by atoms with E-state index in [1.165, 1.54) is 0 Å². The Morgan fingerprint density at radius 1 is 0.661 bits per heavy atom. The van der Waals surface area contributed by atoms with E-state index in [0.717, 1.165) is 24.8 Å². The van der Waals surface area contributed by atoms with Gasteiger partial charge >= 0.3 is 17.9 Å². The number of carbonyl (C=O) groups excluding carboxylic acids is 1. The number of rotatable bonds is 7. The number of carboxylic acid groups (broad SMARTS) is 3. The van der Waals surface area contributed by atoms with E-state index in [4.69, 9.17) is 18.9 Å². The van der Waals surface area contributed by atoms with Crippen LogP contribution in [0.2, 0.25) is 0 Å². The van der Waals surface area contributed by atoms with Crippen LogP contribution in [0.4, 0.5) is 0 Å². The van der Waals surface area contributed by atoms with Crippen molar-refractivity contribution in [1.29, 1.82) is 0 Å². The standard InChI is InChI=1S/C43H64O16/c1-37(2)22(56-35-30(26(48)25(47)29(58-35)33(52)53)59-34-27(49)23(45)24(46)28(57-34)32(50)51)9-10-42(7)31-21(44)17-19-20-18-39(4,36(54)55)12-11-38(20,3)13-14-40(19,5)41(31,6)15-16-43(37,42)8/h17,20,22-31,34-35,45-49H,9-16,18H2,1-8H3,(H,50,51)(H,52,53)(H,54,55)/t20-,22-,23-,24-,25-,26-,27?,28?,29?,30?,31-,34-,35+,38+,39-,40+,41+,42+,43-/m0/s1. The van der Waals surface area contributed by atoms with Crippen molar-refractivity contribution in [2.75, 3.05) is 0 Å². The zero-order valence-electron chi connectivity index (χ0n) is 35.3. The highest BCUT2D eigenvalue weighted by atomic mass is 16.8. The number of aliphatic hydroxyl groups excluding tert-OH is 5. The van der Waals surface area contributed by atoms with Crippen LogP contribution in [-0.2, 0) is 38.1 Å². The maximum absolute atomic E-state index is 15.0. The summed E-state index contributed by atoms with van der Waals surface area (Å²) < 4.78 is 23.5. The number of carbonyl (C=O) groups is 4. The van der Waals surface area contributed by atoms with Crippen LogP contribution in [0.25, 0.3) is 0 Å². The summed E-state index contributed by atoms with van der Waals surface area (Å²) in [6.45, 7) is 17.0. The molecule has 332 valence electrons. The maximum Gasteiger partial charge on any atom is 0.335 e. The van der Waals surface area contributed by atoms with E-state index in [-0.39, 0.29) is 28.4 Å². The molecule has 0 radical (unpaired) electrons. The zero-order valence-corrected chi connectivity index (χ0v) is 35.3. The predicted molar refractivity (Wildman–Crippen MR) is 204 cm³/mol. The number of ketones is 1. The fraction of sp³-hybridized carbons (Fsp3) is 0.860. The number of fused-ring (bicyclic) bond motifs is 7. The van der Waals surface area contributed by atoms with Crippen molar-refractivity contribution in [3.05, 3.63) is 11.6 Å². The highest BCUT2D eigenvalue weighted by Gasteiger charge is 2.74. The fourth-order valence-electron chi connectivity index (χ4n) is 13.5. The number of aliphatic hydroxyl groups is 5. The molecule has 5 aliphatic carbocycles. The summed E-state index contributed by atoms with van der Waals surface area (Å²) >= 11 is 0. The lowest BCUT2D eigenvalue weighted by Crippen LogP contribution is -2.71. The van der Waals surface area contributed by atoms with Crippen LogP contribution in [0.1, 0.15) is 113 Å². The molecular weight excluding hydrogens is 772 g/mol. The summed E-state index contributed by atoms with van der Waals surface area (Å²) in [7, 11) is 0. The first kappa shape index (κ1) is 44.5. The molecule has 2 heterocycles. The average molecular weight is 837 g/mol. The Bertz CT molecular complexity index is 1780. The van der Waals surface area contributed by atoms with Crippen molar-refractivity contribution in [3.63, 3.8) is 0 Å². The molecule has 16 heteroatoms. The second kappa shape index (κ2) is 14.2. The summed E-state index contributed by atoms with van der Waals surface area (Å²) in [6, 6.07) is 0. The SMILES string of the molecule is CC1(C)[C@@H](O[C@@H]2OC(C(=O)O)[C@@H](O)[C@H](O)C2O[C@@H]2OC(C(=O)O)[C@@H](O)[C@H](O)C2O)CC[C@]2(C)[C@H]3C(=O)C=C4[C@@H]5C[C@@](C)(C(=O)O)CC[C@]5(C)CC[C@@]4(C)[C@]3(C)CC[C@@]12C. The topological polar surface area (TPSA) is 267 Å². The van der Waals surface area contributed by atoms with Gasteiger partial charge in [-0.15, -0.1) is 0 Å². The van der Waals surface area contributed by atoms with Gasteiger partial charge in [0.2, 0.25) is 0 Å². The number of carboxylic acids is 3. The number of hydrogen-bond acceptors (Lipinski definition) is 13. The van der Waals surface area contributed by atoms with Crippen LogP contribution in [-0.4, -0.2) is 132 Å². The lowest BCUT2D eigenvalue weighted by atomic mass is 9.30. The van der Waals surface area contributed by atoms with Crippen LogP contribution < -0.4 is 0 Å². The van der Waals surface area contributed by atoms with Gasteiger partial charge in [-0.25, -0.2) is 9.59 Å². The minimum absolute atomic E-state index is 0.0304. The quantitative estimate of drug-likeness (QED) is 0.171. The van der Waals surface area contributed by atoms with Crippen LogP contribution in [0.5, 0.6) is 0 Å². The molecule has 7 aliphatic rings. The van der Waals surface area contributed by atoms with Gasteiger partial charge in [0.25, 0.3) is 0 Å². The molecule has 7 rings (SSSR count). The van der Waals surface area contributed by atoms with E-state index in [9.17, 15) is 60.0 Å². The lowest BCUT2D eigenvalue weighted by Gasteiger charge is -2.74. The summed E-state index contributed by atoms with van der Waals surface area (Å²) in [5.41, 5.74) is -2.57. The van der Waals surface area contributed by atoms with Crippen LogP contribution >= 0.6 is 0 Å². The Hall–Kier alpha value is -2.54. The number of ether oxygens (including phenoxy) is 4. The highest BCUT2D eigenvalue weighted by Crippen LogP contribution is 2.78. The van der Waals surface area contributed by atoms with Crippen LogP contribution in [0.15, 0.2) is 11.6 Å². The summed E-state index contributed by atoms with van der Waals surface area (Å²) in [5, 5.41) is 83.3. The molecule has 2 aliphatic heterocycles. The number of hydrogen-bond donors (Lipinski definition) is 8. The molecule has 0 spiro atoms. The van der Waals surface area contributed by atoms with E-state index in [2.05, 4.69) is 34.6 Å². The molecule has 2 saturated heterocycles. The summed E-state index contributed by atoms with van der Waals surface area (Å²) in [5.74, 6) is -4.43. The predicted octanol–water partition coefficient (Wildman–Crippen LogP) is 2.64. The molecule has 0 aromatic rings. The first-order valence-electron chi connectivity index (χ1n) is 21.1. The third-order valence-electron chi connectivity index (χ3n) is 18.3. The van der Waals surface area contributed by atoms with E-state index in [1.807, 2.05) is 26.8 Å². The Labute approximate surface area is 344 Å². The van der Waals surface area contributed by atoms with Gasteiger partial charge in [-0.1, -0.05) is 54.0 Å². The Balaban J connectivity index is 1.20. The normalized spacial score (nSPS) is 53.1. The van der Waals surface area contributed by atoms with Gasteiger partial charge in [-0.05, 0) is 109 Å². The second-order valence-electron chi connectivity index (χ2n) is 21.2. The molecule has 59 heavy (non-hydrogen) atoms. The Morgan fingerprint density at radius 3 is 1.83 bits per heavy atom. The molecule has 8 N–H and O–H groups in total. The molecule has 0 bridgehead atoms. The van der Waals surface area contributed by atoms with Gasteiger partial charge < -0.3 is 59.8 Å². The van der Waals surface area contributed by atoms with E-state index in [0.29, 0.717) is 38.5 Å². The number of allylic oxidation sites excluding steroid dienone is 2. The average Bonchev–Trinajstić information content (AvgIpc) is 3.15. The van der Waals surface area contributed by atoms with Gasteiger partial charge in [0, 0.05) is 5.92 Å². The van der Waals surface area contributed by atoms with Gasteiger partial charge in [0.1, 0.15) is 36.6 Å². The number of aliphatic carboxylic acids is 3. The van der Waals surface area contributed by atoms with Crippen molar-refractivity contribution in [3.8, 4) is 0 Å². The Kier molecular flexibility index (Phi) is 10.7. The molecular formula is C43H64O16. The first-order valence-corrected chi connectivity index (χ1v) is 21.1. The Morgan fingerprint density at radius 2 is 1.24 bits per heavy atom. The van der Waals surface area contributed by atoms with Gasteiger partial charge in [-0.3, -0.25) is 9.59 Å². The van der Waals surface area contributed by atoms with Crippen molar-refractivity contribution in [2.24, 2.45) is 49.7 Å². The molecule has 0 amide bonds. The zero-order chi connectivity index (χ0) is 43.8. The molecule has 19 atom stereocenters. The lowest BCUT2D eigenvalue weighted by molar-refractivity contribution is -0.374. The largest absolute Gasteiger partial charge is 0.481 e. The second-order valence-corrected chi connectivity index (χ2v) is 21.2. The minimum atomic E-state index is -2.05. The fourth-order valence-corrected chi connectivity index (χ4v) is 13.5. The molecule has 16 nitrogen and oxygen atoms in total. The van der Waals surface area contributed by atoms with Crippen molar-refractivity contribution in [1.82, 2.24) is 0 Å². The van der Waals surface area contributed by atoms with Crippen LogP contribution in [0.3, 0.4) is 0 Å². The third kappa shape index (κ3) is 6.16. The minimum Gasteiger partial charge on any atom is -0.481 e. The summed E-state index contributed by atoms with van der Waals surface area (Å²) in [4.78, 5) is 51.6. The van der Waals surface area contributed by atoms with Gasteiger partial charge in [-0.2, -0.15) is 0 Å². The van der Waals surface area contributed by atoms with E-state index in [1.54, 1.807) is 0 Å². The molecule has 4 unspecified atom stereocenters. The molecule has 0 aromatic heterocycles. The van der Waals surface area contributed by atoms with E-state index >= 15 is 0 Å². The smallest absolute Gasteiger partial charge is 0.335 e. The van der Waals surface area contributed by atoms with Crippen molar-refractivity contribution in [2.45, 2.75) is 181 Å². The molecule has 6 fully saturated rings. The van der Waals surface area contributed by atoms with Crippen molar-refractivity contribution >= 4 is 23.7 Å². The van der Waals surface area contributed by atoms with Gasteiger partial charge in [0.15, 0.2) is 30.6 Å². The molecule has 0 aromatic carbocycles. The molecule has 4 saturated carbocycles. The summed E-state index contributed by atoms with van der Waals surface area (Å²) in [6.07, 6.45) is -12.5. The maximum atomic E-state index is 15.0. The van der Waals surface area contributed by atoms with Crippen LogP contribution in [0, 0.1) is 49.7 Å². The van der Waals surface area contributed by atoms with Crippen molar-refractivity contribution < 1.29 is 79.0 Å². The highest BCUT2D eigenvalue weighted by molar-refractivity contribution is 5.96. The first-order chi connectivity index (χ1) is 27.1. The van der Waals surface area contributed by atoms with Gasteiger partial charge in [0.05, 0.1) is 11.5 Å². The van der Waals surface area contributed by atoms with E-state index < -0.39 is 112 Å². The third-order valence-corrected chi connectivity index (χ3v) is 18.3. The monoisotopic (exact) mass is 836 g/mol.